The summed E-state index contributed by atoms with van der Waals surface area (Å²) in [5, 5.41) is 12.6. The first-order valence-corrected chi connectivity index (χ1v) is 10.7. The number of hydrogen-bond donors (Lipinski definition) is 4. The summed E-state index contributed by atoms with van der Waals surface area (Å²) in [7, 11) is 0. The number of anilines is 6. The lowest BCUT2D eigenvalue weighted by Crippen LogP contribution is -2.19. The highest BCUT2D eigenvalue weighted by molar-refractivity contribution is 6.30. The van der Waals surface area contributed by atoms with Crippen molar-refractivity contribution in [1.82, 2.24) is 9.97 Å². The summed E-state index contributed by atoms with van der Waals surface area (Å²) in [6.45, 7) is 3.96. The quantitative estimate of drug-likeness (QED) is 0.253. The Morgan fingerprint density at radius 1 is 0.727 bits per heavy atom. The van der Waals surface area contributed by atoms with E-state index in [1.807, 2.05) is 56.3 Å². The first kappa shape index (κ1) is 22.1. The number of halogens is 1. The molecule has 0 saturated heterocycles. The fourth-order valence-corrected chi connectivity index (χ4v) is 3.29. The number of amides is 2. The minimum absolute atomic E-state index is 0.351. The van der Waals surface area contributed by atoms with Crippen molar-refractivity contribution in [3.05, 3.63) is 95.1 Å². The van der Waals surface area contributed by atoms with E-state index in [0.717, 1.165) is 17.1 Å². The third kappa shape index (κ3) is 6.44. The Balaban J connectivity index is 1.38. The molecule has 0 bridgehead atoms. The van der Waals surface area contributed by atoms with E-state index in [2.05, 4.69) is 31.2 Å². The van der Waals surface area contributed by atoms with Crippen molar-refractivity contribution in [2.45, 2.75) is 13.8 Å². The number of carbonyl (C=O) groups is 1. The number of rotatable bonds is 6. The van der Waals surface area contributed by atoms with E-state index in [1.54, 1.807) is 36.4 Å². The monoisotopic (exact) mass is 458 g/mol. The molecule has 1 heterocycles. The molecule has 33 heavy (non-hydrogen) atoms. The maximum atomic E-state index is 12.2. The summed E-state index contributed by atoms with van der Waals surface area (Å²) in [5.41, 5.74) is 5.04. The number of hydrogen-bond acceptors (Lipinski definition) is 5. The van der Waals surface area contributed by atoms with Gasteiger partial charge in [0.25, 0.3) is 0 Å². The topological polar surface area (TPSA) is 91.0 Å². The van der Waals surface area contributed by atoms with Crippen LogP contribution in [-0.4, -0.2) is 16.0 Å². The predicted molar refractivity (Wildman–Crippen MR) is 135 cm³/mol. The SMILES string of the molecule is Cc1ccc(Nc2nc(C)cc(Nc3ccc(NC(=O)Nc4cccc(Cl)c4)cc3)n2)cc1. The molecule has 0 radical (unpaired) electrons. The van der Waals surface area contributed by atoms with E-state index in [4.69, 9.17) is 11.6 Å². The number of aryl methyl sites for hydroxylation is 2. The summed E-state index contributed by atoms with van der Waals surface area (Å²) in [6, 6.07) is 23.9. The van der Waals surface area contributed by atoms with Crippen molar-refractivity contribution in [2.75, 3.05) is 21.3 Å². The lowest BCUT2D eigenvalue weighted by Gasteiger charge is -2.11. The molecule has 0 aliphatic rings. The molecule has 4 N–H and O–H groups in total. The van der Waals surface area contributed by atoms with Crippen molar-refractivity contribution in [2.24, 2.45) is 0 Å². The summed E-state index contributed by atoms with van der Waals surface area (Å²) in [4.78, 5) is 21.2. The Morgan fingerprint density at radius 3 is 2.09 bits per heavy atom. The van der Waals surface area contributed by atoms with E-state index in [1.165, 1.54) is 5.56 Å². The molecule has 8 heteroatoms. The van der Waals surface area contributed by atoms with Crippen LogP contribution in [0.25, 0.3) is 0 Å². The van der Waals surface area contributed by atoms with Gasteiger partial charge < -0.3 is 21.3 Å². The van der Waals surface area contributed by atoms with Gasteiger partial charge in [-0.3, -0.25) is 0 Å². The van der Waals surface area contributed by atoms with E-state index < -0.39 is 0 Å². The maximum absolute atomic E-state index is 12.2. The van der Waals surface area contributed by atoms with Crippen LogP contribution in [0.15, 0.2) is 78.9 Å². The molecular formula is C25H23ClN6O. The molecule has 4 aromatic rings. The first-order valence-electron chi connectivity index (χ1n) is 10.3. The molecule has 166 valence electrons. The molecule has 0 atom stereocenters. The van der Waals surface area contributed by atoms with Gasteiger partial charge in [0, 0.05) is 39.5 Å². The van der Waals surface area contributed by atoms with Crippen LogP contribution in [0, 0.1) is 13.8 Å². The van der Waals surface area contributed by atoms with E-state index in [0.29, 0.717) is 28.2 Å². The van der Waals surface area contributed by atoms with Crippen molar-refractivity contribution in [3.63, 3.8) is 0 Å². The highest BCUT2D eigenvalue weighted by Crippen LogP contribution is 2.21. The summed E-state index contributed by atoms with van der Waals surface area (Å²) in [6.07, 6.45) is 0. The van der Waals surface area contributed by atoms with Crippen molar-refractivity contribution >= 4 is 52.1 Å². The molecular weight excluding hydrogens is 436 g/mol. The average molecular weight is 459 g/mol. The minimum Gasteiger partial charge on any atom is -0.340 e. The van der Waals surface area contributed by atoms with E-state index in [-0.39, 0.29) is 6.03 Å². The Labute approximate surface area is 197 Å². The van der Waals surface area contributed by atoms with Crippen LogP contribution in [-0.2, 0) is 0 Å². The molecule has 0 saturated carbocycles. The fourth-order valence-electron chi connectivity index (χ4n) is 3.10. The lowest BCUT2D eigenvalue weighted by atomic mass is 10.2. The lowest BCUT2D eigenvalue weighted by molar-refractivity contribution is 0.262. The molecule has 1 aromatic heterocycles. The number of nitrogens with zero attached hydrogens (tertiary/aromatic N) is 2. The minimum atomic E-state index is -0.351. The van der Waals surface area contributed by atoms with Gasteiger partial charge in [-0.05, 0) is 68.4 Å². The van der Waals surface area contributed by atoms with Gasteiger partial charge in [-0.1, -0.05) is 35.4 Å². The second-order valence-corrected chi connectivity index (χ2v) is 7.94. The zero-order chi connectivity index (χ0) is 23.2. The highest BCUT2D eigenvalue weighted by Gasteiger charge is 2.06. The van der Waals surface area contributed by atoms with Crippen molar-refractivity contribution in [1.29, 1.82) is 0 Å². The smallest absolute Gasteiger partial charge is 0.323 e. The second kappa shape index (κ2) is 10.0. The number of urea groups is 1. The molecule has 0 aliphatic carbocycles. The Morgan fingerprint density at radius 2 is 1.36 bits per heavy atom. The highest BCUT2D eigenvalue weighted by atomic mass is 35.5. The normalized spacial score (nSPS) is 10.4. The van der Waals surface area contributed by atoms with E-state index >= 15 is 0 Å². The van der Waals surface area contributed by atoms with Gasteiger partial charge in [0.05, 0.1) is 0 Å². The number of aromatic nitrogens is 2. The van der Waals surface area contributed by atoms with Gasteiger partial charge in [0.1, 0.15) is 5.82 Å². The summed E-state index contributed by atoms with van der Waals surface area (Å²) >= 11 is 5.95. The van der Waals surface area contributed by atoms with Gasteiger partial charge in [-0.25, -0.2) is 9.78 Å². The first-order chi connectivity index (χ1) is 15.9. The van der Waals surface area contributed by atoms with Crippen LogP contribution in [0.3, 0.4) is 0 Å². The largest absolute Gasteiger partial charge is 0.340 e. The molecule has 4 rings (SSSR count). The van der Waals surface area contributed by atoms with Crippen LogP contribution in [0.1, 0.15) is 11.3 Å². The van der Waals surface area contributed by atoms with Crippen LogP contribution < -0.4 is 21.3 Å². The van der Waals surface area contributed by atoms with E-state index in [9.17, 15) is 4.79 Å². The van der Waals surface area contributed by atoms with Crippen LogP contribution in [0.4, 0.5) is 39.3 Å². The molecule has 7 nitrogen and oxygen atoms in total. The van der Waals surface area contributed by atoms with Crippen LogP contribution in [0.2, 0.25) is 5.02 Å². The summed E-state index contributed by atoms with van der Waals surface area (Å²) < 4.78 is 0. The van der Waals surface area contributed by atoms with Crippen molar-refractivity contribution < 1.29 is 4.79 Å². The zero-order valence-electron chi connectivity index (χ0n) is 18.2. The standard InChI is InChI=1S/C25H23ClN6O/c1-16-6-8-20(9-7-16)29-24-27-17(2)14-23(32-24)28-19-10-12-21(13-11-19)30-25(33)31-22-5-3-4-18(26)15-22/h3-15H,1-2H3,(H2,30,31,33)(H2,27,28,29,32). The molecule has 0 aliphatic heterocycles. The predicted octanol–water partition coefficient (Wildman–Crippen LogP) is 6.88. The van der Waals surface area contributed by atoms with Gasteiger partial charge in [0.15, 0.2) is 0 Å². The molecule has 0 unspecified atom stereocenters. The van der Waals surface area contributed by atoms with Crippen molar-refractivity contribution in [3.8, 4) is 0 Å². The maximum Gasteiger partial charge on any atom is 0.323 e. The molecule has 0 spiro atoms. The van der Waals surface area contributed by atoms with Gasteiger partial charge in [-0.15, -0.1) is 0 Å². The van der Waals surface area contributed by atoms with Gasteiger partial charge in [0.2, 0.25) is 5.95 Å². The third-order valence-electron chi connectivity index (χ3n) is 4.66. The van der Waals surface area contributed by atoms with Crippen LogP contribution >= 0.6 is 11.6 Å². The molecule has 0 fully saturated rings. The summed E-state index contributed by atoms with van der Waals surface area (Å²) in [5.74, 6) is 1.17. The van der Waals surface area contributed by atoms with Gasteiger partial charge in [-0.2, -0.15) is 4.98 Å². The number of benzene rings is 3. The molecule has 3 aromatic carbocycles. The van der Waals surface area contributed by atoms with Gasteiger partial charge >= 0.3 is 6.03 Å². The van der Waals surface area contributed by atoms with Crippen LogP contribution in [0.5, 0.6) is 0 Å². The average Bonchev–Trinajstić information content (AvgIpc) is 2.76. The number of nitrogens with one attached hydrogen (secondary N) is 4. The Kier molecular flexibility index (Phi) is 6.71. The molecule has 2 amide bonds. The third-order valence-corrected chi connectivity index (χ3v) is 4.89. The fraction of sp³-hybridized carbons (Fsp3) is 0.0800. The Bertz CT molecular complexity index is 1260. The zero-order valence-corrected chi connectivity index (χ0v) is 18.9. The second-order valence-electron chi connectivity index (χ2n) is 7.50. The Hall–Kier alpha value is -4.10. The number of carbonyl (C=O) groups excluding carboxylic acids is 1.